The summed E-state index contributed by atoms with van der Waals surface area (Å²) in [6.45, 7) is 7.05. The minimum atomic E-state index is -0.972. The van der Waals surface area contributed by atoms with E-state index in [0.29, 0.717) is 30.9 Å². The highest BCUT2D eigenvalue weighted by Crippen LogP contribution is 2.30. The fraction of sp³-hybridized carbons (Fsp3) is 0.533. The van der Waals surface area contributed by atoms with Gasteiger partial charge in [0, 0.05) is 25.8 Å². The number of hydrogen-bond acceptors (Lipinski definition) is 11. The first-order valence-electron chi connectivity index (χ1n) is 13.9. The van der Waals surface area contributed by atoms with Crippen LogP contribution in [-0.2, 0) is 23.8 Å². The van der Waals surface area contributed by atoms with Crippen LogP contribution in [0.4, 0.5) is 0 Å². The number of rotatable bonds is 12. The lowest BCUT2D eigenvalue weighted by Crippen LogP contribution is -2.46. The van der Waals surface area contributed by atoms with Crippen molar-refractivity contribution in [1.82, 2.24) is 10.3 Å². The molecule has 1 aliphatic rings. The summed E-state index contributed by atoms with van der Waals surface area (Å²) in [5.41, 5.74) is -0.138. The maximum absolute atomic E-state index is 13.3. The van der Waals surface area contributed by atoms with Crippen molar-refractivity contribution in [1.29, 1.82) is 0 Å². The van der Waals surface area contributed by atoms with Gasteiger partial charge in [-0.2, -0.15) is 0 Å². The van der Waals surface area contributed by atoms with E-state index in [1.165, 1.54) is 26.3 Å². The molecule has 1 N–H and O–H groups in total. The molecule has 12 nitrogen and oxygen atoms in total. The number of benzene rings is 1. The normalized spacial score (nSPS) is 20.8. The van der Waals surface area contributed by atoms with Gasteiger partial charge < -0.3 is 38.5 Å². The van der Waals surface area contributed by atoms with Crippen LogP contribution in [0.5, 0.6) is 23.0 Å². The molecule has 2 aromatic rings. The second-order valence-corrected chi connectivity index (χ2v) is 10.2. The topological polar surface area (TPSA) is 141 Å². The Hall–Kier alpha value is -4.06. The second-order valence-electron chi connectivity index (χ2n) is 10.2. The largest absolute Gasteiger partial charge is 0.497 e. The summed E-state index contributed by atoms with van der Waals surface area (Å²) in [7, 11) is 2.99. The van der Waals surface area contributed by atoms with Crippen LogP contribution in [0.3, 0.4) is 0 Å². The van der Waals surface area contributed by atoms with E-state index >= 15 is 0 Å². The Morgan fingerprint density at radius 2 is 1.79 bits per heavy atom. The van der Waals surface area contributed by atoms with Crippen molar-refractivity contribution in [3.8, 4) is 23.0 Å². The van der Waals surface area contributed by atoms with Gasteiger partial charge in [-0.25, -0.2) is 9.78 Å². The number of amides is 1. The minimum Gasteiger partial charge on any atom is -0.497 e. The maximum atomic E-state index is 13.3. The van der Waals surface area contributed by atoms with E-state index in [1.807, 2.05) is 26.0 Å². The van der Waals surface area contributed by atoms with Crippen LogP contribution in [0.25, 0.3) is 0 Å². The smallest absolute Gasteiger partial charge is 0.329 e. The molecule has 2 heterocycles. The van der Waals surface area contributed by atoms with Crippen LogP contribution in [0.2, 0.25) is 0 Å². The molecule has 12 heteroatoms. The Kier molecular flexibility index (Phi) is 12.2. The average Bonchev–Trinajstić information content (AvgIpc) is 3.00. The van der Waals surface area contributed by atoms with E-state index < -0.39 is 49.0 Å². The molecule has 1 aromatic carbocycles. The van der Waals surface area contributed by atoms with Crippen molar-refractivity contribution in [2.24, 2.45) is 5.92 Å². The molecule has 1 aromatic heterocycles. The highest BCUT2D eigenvalue weighted by atomic mass is 16.7. The SMILES string of the molecule is COc1ccc(O[C@H]2CCC[C@H](NC(=O)c3nccc(OC)c3OCOC(C)=O)C(=O)O[C@@H](C)[C@@H]2OCC(C)C)cc1. The maximum Gasteiger partial charge on any atom is 0.329 e. The predicted octanol–water partition coefficient (Wildman–Crippen LogP) is 3.70. The first-order chi connectivity index (χ1) is 20.1. The summed E-state index contributed by atoms with van der Waals surface area (Å²) in [6, 6.07) is 7.76. The van der Waals surface area contributed by atoms with E-state index in [9.17, 15) is 14.4 Å². The monoisotopic (exact) mass is 588 g/mol. The average molecular weight is 589 g/mol. The number of methoxy groups -OCH3 is 2. The van der Waals surface area contributed by atoms with Gasteiger partial charge in [-0.15, -0.1) is 0 Å². The van der Waals surface area contributed by atoms with Crippen LogP contribution >= 0.6 is 0 Å². The quantitative estimate of drug-likeness (QED) is 0.287. The zero-order valence-corrected chi connectivity index (χ0v) is 24.9. The first-order valence-corrected chi connectivity index (χ1v) is 13.9. The van der Waals surface area contributed by atoms with Gasteiger partial charge in [-0.05, 0) is 56.4 Å². The lowest BCUT2D eigenvalue weighted by molar-refractivity contribution is -0.163. The standard InChI is InChI=1S/C30H40N2O10/c1-18(2)16-38-27-19(3)41-30(35)23(8-7-9-25(27)42-22-12-10-21(36-5)11-13-22)32-29(34)26-28(40-17-39-20(4)33)24(37-6)14-15-31-26/h10-15,18-19,23,25,27H,7-9,16-17H2,1-6H3,(H,32,34)/t19-,23-,25-,27-/m0/s1. The zero-order chi connectivity index (χ0) is 30.6. The molecule has 1 amide bonds. The van der Waals surface area contributed by atoms with Crippen molar-refractivity contribution in [3.63, 3.8) is 0 Å². The molecule has 1 aliphatic heterocycles. The van der Waals surface area contributed by atoms with Gasteiger partial charge in [-0.1, -0.05) is 13.8 Å². The molecular weight excluding hydrogens is 548 g/mol. The summed E-state index contributed by atoms with van der Waals surface area (Å²) in [5, 5.41) is 2.72. The van der Waals surface area contributed by atoms with Crippen molar-refractivity contribution in [3.05, 3.63) is 42.2 Å². The van der Waals surface area contributed by atoms with Gasteiger partial charge in [0.15, 0.2) is 17.2 Å². The van der Waals surface area contributed by atoms with Gasteiger partial charge >= 0.3 is 11.9 Å². The van der Waals surface area contributed by atoms with E-state index in [1.54, 1.807) is 26.2 Å². The Labute approximate surface area is 245 Å². The summed E-state index contributed by atoms with van der Waals surface area (Å²) < 4.78 is 39.2. The molecule has 230 valence electrons. The molecule has 1 saturated heterocycles. The number of nitrogens with zero attached hydrogens (tertiary/aromatic N) is 1. The molecular formula is C30H40N2O10. The summed E-state index contributed by atoms with van der Waals surface area (Å²) in [4.78, 5) is 41.9. The lowest BCUT2D eigenvalue weighted by Gasteiger charge is -2.32. The number of pyridine rings is 1. The number of aromatic nitrogens is 1. The molecule has 0 aliphatic carbocycles. The number of hydrogen-bond donors (Lipinski definition) is 1. The van der Waals surface area contributed by atoms with Crippen molar-refractivity contribution < 1.29 is 47.5 Å². The third-order valence-corrected chi connectivity index (χ3v) is 6.44. The Bertz CT molecular complexity index is 1190. The van der Waals surface area contributed by atoms with Crippen molar-refractivity contribution in [2.75, 3.05) is 27.6 Å². The number of carbonyl (C=O) groups is 3. The summed E-state index contributed by atoms with van der Waals surface area (Å²) in [5.74, 6) is -0.0836. The van der Waals surface area contributed by atoms with E-state index in [0.717, 1.165) is 0 Å². The second kappa shape index (κ2) is 15.8. The molecule has 3 rings (SSSR count). The first kappa shape index (κ1) is 32.5. The molecule has 0 unspecified atom stereocenters. The zero-order valence-electron chi connectivity index (χ0n) is 24.9. The number of cyclic esters (lactones) is 1. The van der Waals surface area contributed by atoms with Crippen LogP contribution in [-0.4, -0.2) is 74.8 Å². The fourth-order valence-electron chi connectivity index (χ4n) is 4.36. The molecule has 0 spiro atoms. The summed E-state index contributed by atoms with van der Waals surface area (Å²) in [6.07, 6.45) is 1.07. The third-order valence-electron chi connectivity index (χ3n) is 6.44. The minimum absolute atomic E-state index is 0.0290. The number of esters is 2. The highest BCUT2D eigenvalue weighted by Gasteiger charge is 2.37. The van der Waals surface area contributed by atoms with E-state index in [4.69, 9.17) is 33.2 Å². The third kappa shape index (κ3) is 9.23. The van der Waals surface area contributed by atoms with Crippen LogP contribution < -0.4 is 24.3 Å². The van der Waals surface area contributed by atoms with E-state index in [2.05, 4.69) is 10.3 Å². The van der Waals surface area contributed by atoms with E-state index in [-0.39, 0.29) is 29.5 Å². The molecule has 1 fully saturated rings. The van der Waals surface area contributed by atoms with Crippen LogP contribution in [0, 0.1) is 5.92 Å². The number of ether oxygens (including phenoxy) is 7. The Balaban J connectivity index is 1.79. The van der Waals surface area contributed by atoms with Crippen molar-refractivity contribution in [2.45, 2.75) is 71.3 Å². The van der Waals surface area contributed by atoms with Gasteiger partial charge in [0.2, 0.25) is 6.79 Å². The van der Waals surface area contributed by atoms with Crippen molar-refractivity contribution >= 4 is 17.8 Å². The molecule has 0 saturated carbocycles. The lowest BCUT2D eigenvalue weighted by atomic mass is 10.0. The molecule has 0 bridgehead atoms. The fourth-order valence-corrected chi connectivity index (χ4v) is 4.36. The van der Waals surface area contributed by atoms with Gasteiger partial charge in [-0.3, -0.25) is 9.59 Å². The molecule has 4 atom stereocenters. The van der Waals surface area contributed by atoms with Gasteiger partial charge in [0.25, 0.3) is 5.91 Å². The Morgan fingerprint density at radius 3 is 2.43 bits per heavy atom. The Morgan fingerprint density at radius 1 is 1.07 bits per heavy atom. The number of nitrogens with one attached hydrogen (secondary N) is 1. The highest BCUT2D eigenvalue weighted by molar-refractivity contribution is 5.98. The van der Waals surface area contributed by atoms with Gasteiger partial charge in [0.05, 0.1) is 14.2 Å². The molecule has 42 heavy (non-hydrogen) atoms. The van der Waals surface area contributed by atoms with Crippen LogP contribution in [0.1, 0.15) is 57.4 Å². The predicted molar refractivity (Wildman–Crippen MR) is 151 cm³/mol. The van der Waals surface area contributed by atoms with Gasteiger partial charge in [0.1, 0.15) is 35.9 Å². The number of carbonyl (C=O) groups excluding carboxylic acids is 3. The molecule has 0 radical (unpaired) electrons. The summed E-state index contributed by atoms with van der Waals surface area (Å²) >= 11 is 0. The van der Waals surface area contributed by atoms with Crippen LogP contribution in [0.15, 0.2) is 36.5 Å².